The van der Waals surface area contributed by atoms with E-state index in [1.165, 1.54) is 5.56 Å². The molecule has 3 rings (SSSR count). The molecule has 2 aromatic carbocycles. The zero-order chi connectivity index (χ0) is 17.9. The van der Waals surface area contributed by atoms with Crippen LogP contribution in [0.3, 0.4) is 0 Å². The van der Waals surface area contributed by atoms with Crippen molar-refractivity contribution in [3.63, 3.8) is 0 Å². The van der Waals surface area contributed by atoms with E-state index in [9.17, 15) is 4.79 Å². The number of halogens is 1. The number of aromatic nitrogens is 1. The minimum atomic E-state index is -0.00857. The molecule has 0 unspecified atom stereocenters. The Balaban J connectivity index is 2.42. The van der Waals surface area contributed by atoms with E-state index in [-0.39, 0.29) is 16.3 Å². The van der Waals surface area contributed by atoms with Gasteiger partial charge in [-0.2, -0.15) is 0 Å². The van der Waals surface area contributed by atoms with Gasteiger partial charge >= 0.3 is 0 Å². The summed E-state index contributed by atoms with van der Waals surface area (Å²) in [5.41, 5.74) is 4.17. The van der Waals surface area contributed by atoms with Crippen LogP contribution in [0.1, 0.15) is 52.7 Å². The van der Waals surface area contributed by atoms with Gasteiger partial charge in [-0.1, -0.05) is 47.6 Å². The number of pyridine rings is 1. The second-order valence-corrected chi connectivity index (χ2v) is 9.45. The fraction of sp³-hybridized carbons (Fsp3) is 0.381. The van der Waals surface area contributed by atoms with Gasteiger partial charge in [-0.05, 0) is 62.2 Å². The highest BCUT2D eigenvalue weighted by Crippen LogP contribution is 2.31. The molecule has 0 saturated heterocycles. The van der Waals surface area contributed by atoms with Gasteiger partial charge < -0.3 is 4.98 Å². The number of nitrogens with one attached hydrogen (secondary N) is 1. The minimum absolute atomic E-state index is 0.00857. The molecule has 1 N–H and O–H groups in total. The summed E-state index contributed by atoms with van der Waals surface area (Å²) in [4.78, 5) is 16.6. The minimum Gasteiger partial charge on any atom is -0.353 e. The van der Waals surface area contributed by atoms with E-state index in [0.29, 0.717) is 0 Å². The van der Waals surface area contributed by atoms with Crippen LogP contribution in [-0.4, -0.2) is 4.98 Å². The predicted octanol–water partition coefficient (Wildman–Crippen LogP) is 6.04. The van der Waals surface area contributed by atoms with Crippen LogP contribution in [0.4, 0.5) is 0 Å². The molecule has 0 radical (unpaired) electrons. The molecule has 0 spiro atoms. The molecule has 1 heterocycles. The molecular weight excluding hydrogens is 362 g/mol. The van der Waals surface area contributed by atoms with E-state index < -0.39 is 0 Å². The van der Waals surface area contributed by atoms with Gasteiger partial charge in [-0.25, -0.2) is 0 Å². The topological polar surface area (TPSA) is 32.9 Å². The molecule has 0 saturated carbocycles. The van der Waals surface area contributed by atoms with Crippen LogP contribution >= 0.6 is 15.9 Å². The van der Waals surface area contributed by atoms with E-state index in [0.717, 1.165) is 31.8 Å². The first kappa shape index (κ1) is 17.2. The zero-order valence-electron chi connectivity index (χ0n) is 15.2. The number of H-pyrrole nitrogens is 1. The number of benzene rings is 2. The quantitative estimate of drug-likeness (QED) is 0.470. The molecule has 0 fully saturated rings. The summed E-state index contributed by atoms with van der Waals surface area (Å²) in [5.74, 6) is 0. The molecule has 126 valence electrons. The summed E-state index contributed by atoms with van der Waals surface area (Å²) in [5, 5.41) is 1.50. The second-order valence-electron chi connectivity index (χ2n) is 8.60. The SMILES string of the molecule is CC(C)(C)c1ccc2[nH]c3c(Br)cc(C(C)(C)C)cc3c(=O)c2c1. The van der Waals surface area contributed by atoms with Gasteiger partial charge in [0.05, 0.1) is 5.52 Å². The number of hydrogen-bond acceptors (Lipinski definition) is 1. The van der Waals surface area contributed by atoms with Gasteiger partial charge in [-0.15, -0.1) is 0 Å². The maximum Gasteiger partial charge on any atom is 0.197 e. The van der Waals surface area contributed by atoms with E-state index in [1.54, 1.807) is 0 Å². The van der Waals surface area contributed by atoms with Gasteiger partial charge in [0.15, 0.2) is 5.43 Å². The lowest BCUT2D eigenvalue weighted by Crippen LogP contribution is -2.14. The van der Waals surface area contributed by atoms with Crippen molar-refractivity contribution in [1.29, 1.82) is 0 Å². The fourth-order valence-electron chi connectivity index (χ4n) is 2.93. The van der Waals surface area contributed by atoms with Gasteiger partial charge in [-0.3, -0.25) is 4.79 Å². The largest absolute Gasteiger partial charge is 0.353 e. The van der Waals surface area contributed by atoms with Crippen molar-refractivity contribution in [2.75, 3.05) is 0 Å². The Hall–Kier alpha value is -1.61. The normalized spacial score (nSPS) is 13.0. The average molecular weight is 386 g/mol. The monoisotopic (exact) mass is 385 g/mol. The average Bonchev–Trinajstić information content (AvgIpc) is 2.46. The molecule has 3 aromatic rings. The maximum absolute atomic E-state index is 13.2. The Labute approximate surface area is 151 Å². The van der Waals surface area contributed by atoms with E-state index in [2.05, 4.69) is 74.6 Å². The zero-order valence-corrected chi connectivity index (χ0v) is 16.8. The van der Waals surface area contributed by atoms with E-state index >= 15 is 0 Å². The highest BCUT2D eigenvalue weighted by molar-refractivity contribution is 9.10. The molecule has 0 aliphatic rings. The molecule has 2 nitrogen and oxygen atoms in total. The molecule has 0 atom stereocenters. The Morgan fingerprint density at radius 3 is 2.00 bits per heavy atom. The first-order chi connectivity index (χ1) is 11.0. The lowest BCUT2D eigenvalue weighted by Gasteiger charge is -2.21. The highest BCUT2D eigenvalue weighted by Gasteiger charge is 2.19. The summed E-state index contributed by atoms with van der Waals surface area (Å²) in [6, 6.07) is 10.3. The van der Waals surface area contributed by atoms with Crippen molar-refractivity contribution in [2.24, 2.45) is 0 Å². The van der Waals surface area contributed by atoms with Crippen molar-refractivity contribution in [2.45, 2.75) is 52.4 Å². The first-order valence-electron chi connectivity index (χ1n) is 8.29. The second kappa shape index (κ2) is 5.45. The summed E-state index contributed by atoms with van der Waals surface area (Å²) in [7, 11) is 0. The van der Waals surface area contributed by atoms with Crippen molar-refractivity contribution in [3.8, 4) is 0 Å². The van der Waals surface area contributed by atoms with Gasteiger partial charge in [0.1, 0.15) is 0 Å². The third-order valence-corrected chi connectivity index (χ3v) is 5.22. The third-order valence-electron chi connectivity index (χ3n) is 4.59. The van der Waals surface area contributed by atoms with E-state index in [1.807, 2.05) is 18.2 Å². The summed E-state index contributed by atoms with van der Waals surface area (Å²) in [6.45, 7) is 13.0. The van der Waals surface area contributed by atoms with Crippen molar-refractivity contribution < 1.29 is 0 Å². The lowest BCUT2D eigenvalue weighted by molar-refractivity contribution is 0.590. The lowest BCUT2D eigenvalue weighted by atomic mass is 9.85. The van der Waals surface area contributed by atoms with Crippen LogP contribution in [0.5, 0.6) is 0 Å². The molecule has 1 aromatic heterocycles. The molecule has 0 bridgehead atoms. The van der Waals surface area contributed by atoms with Crippen LogP contribution in [0.25, 0.3) is 21.8 Å². The summed E-state index contributed by atoms with van der Waals surface area (Å²) >= 11 is 3.64. The first-order valence-corrected chi connectivity index (χ1v) is 9.08. The summed E-state index contributed by atoms with van der Waals surface area (Å²) in [6.07, 6.45) is 0. The number of aromatic amines is 1. The third kappa shape index (κ3) is 2.90. The smallest absolute Gasteiger partial charge is 0.197 e. The van der Waals surface area contributed by atoms with Crippen molar-refractivity contribution >= 4 is 37.7 Å². The number of hydrogen-bond donors (Lipinski definition) is 1. The highest BCUT2D eigenvalue weighted by atomic mass is 79.9. The molecule has 0 amide bonds. The standard InChI is InChI=1S/C21H24BrNO/c1-20(2,3)12-7-8-17-14(9-12)19(24)15-10-13(21(4,5)6)11-16(22)18(15)23-17/h7-11H,1-6H3,(H,23,24). The Kier molecular flexibility index (Phi) is 3.91. The van der Waals surface area contributed by atoms with Crippen molar-refractivity contribution in [1.82, 2.24) is 4.98 Å². The van der Waals surface area contributed by atoms with Crippen molar-refractivity contribution in [3.05, 3.63) is 56.2 Å². The van der Waals surface area contributed by atoms with Gasteiger partial charge in [0.25, 0.3) is 0 Å². The predicted molar refractivity (Wildman–Crippen MR) is 107 cm³/mol. The Morgan fingerprint density at radius 2 is 1.42 bits per heavy atom. The number of fused-ring (bicyclic) bond motifs is 2. The Bertz CT molecular complexity index is 1000. The summed E-state index contributed by atoms with van der Waals surface area (Å²) < 4.78 is 0.934. The Morgan fingerprint density at radius 1 is 0.833 bits per heavy atom. The van der Waals surface area contributed by atoms with Crippen LogP contribution in [0, 0.1) is 0 Å². The molecule has 3 heteroatoms. The van der Waals surface area contributed by atoms with E-state index in [4.69, 9.17) is 0 Å². The van der Waals surface area contributed by atoms with Crippen LogP contribution in [0.15, 0.2) is 39.6 Å². The van der Waals surface area contributed by atoms with Gasteiger partial charge in [0, 0.05) is 20.8 Å². The molecule has 0 aliphatic heterocycles. The van der Waals surface area contributed by atoms with Crippen LogP contribution in [-0.2, 0) is 10.8 Å². The molecule has 24 heavy (non-hydrogen) atoms. The van der Waals surface area contributed by atoms with Crippen LogP contribution in [0.2, 0.25) is 0 Å². The maximum atomic E-state index is 13.2. The number of rotatable bonds is 0. The van der Waals surface area contributed by atoms with Gasteiger partial charge in [0.2, 0.25) is 0 Å². The fourth-order valence-corrected chi connectivity index (χ4v) is 3.49. The molecule has 0 aliphatic carbocycles. The molecular formula is C21H24BrNO. The van der Waals surface area contributed by atoms with Crippen LogP contribution < -0.4 is 5.43 Å².